The first-order valence-electron chi connectivity index (χ1n) is 6.91. The van der Waals surface area contributed by atoms with Crippen molar-refractivity contribution in [1.29, 1.82) is 0 Å². The zero-order chi connectivity index (χ0) is 15.1. The predicted octanol–water partition coefficient (Wildman–Crippen LogP) is 3.22. The number of hydrogen-bond donors (Lipinski definition) is 2. The molecule has 0 aliphatic carbocycles. The molecule has 0 atom stereocenters. The van der Waals surface area contributed by atoms with Crippen LogP contribution in [0.1, 0.15) is 18.9 Å². The van der Waals surface area contributed by atoms with Crippen molar-refractivity contribution >= 4 is 23.2 Å². The minimum absolute atomic E-state index is 0.204. The van der Waals surface area contributed by atoms with E-state index in [-0.39, 0.29) is 18.2 Å². The molecule has 4 heteroatoms. The minimum atomic E-state index is -0.330. The molecule has 0 bridgehead atoms. The number of benzene rings is 2. The van der Waals surface area contributed by atoms with Crippen LogP contribution in [0, 0.1) is 0 Å². The molecule has 21 heavy (non-hydrogen) atoms. The number of para-hydroxylation sites is 1. The van der Waals surface area contributed by atoms with Crippen molar-refractivity contribution in [2.75, 3.05) is 10.6 Å². The van der Waals surface area contributed by atoms with Crippen LogP contribution < -0.4 is 10.6 Å². The van der Waals surface area contributed by atoms with E-state index in [1.54, 1.807) is 12.1 Å². The molecule has 0 heterocycles. The number of hydrogen-bond acceptors (Lipinski definition) is 2. The van der Waals surface area contributed by atoms with E-state index in [9.17, 15) is 9.59 Å². The Balaban J connectivity index is 1.84. The van der Waals surface area contributed by atoms with Crippen molar-refractivity contribution in [1.82, 2.24) is 0 Å². The van der Waals surface area contributed by atoms with Crippen LogP contribution in [0.25, 0.3) is 0 Å². The Kier molecular flexibility index (Phi) is 5.10. The standard InChI is InChI=1S/C17H18N2O2/c1-2-13-8-10-15(11-9-13)19-17(21)12-16(20)18-14-6-4-3-5-7-14/h3-11H,2,12H2,1H3,(H,18,20)(H,19,21). The number of amides is 2. The molecule has 4 nitrogen and oxygen atoms in total. The number of nitrogens with one attached hydrogen (secondary N) is 2. The monoisotopic (exact) mass is 282 g/mol. The lowest BCUT2D eigenvalue weighted by molar-refractivity contribution is -0.123. The van der Waals surface area contributed by atoms with Crippen molar-refractivity contribution in [2.45, 2.75) is 19.8 Å². The maximum absolute atomic E-state index is 11.8. The Hall–Kier alpha value is -2.62. The average molecular weight is 282 g/mol. The van der Waals surface area contributed by atoms with Crippen LogP contribution in [0.15, 0.2) is 54.6 Å². The van der Waals surface area contributed by atoms with Gasteiger partial charge in [0, 0.05) is 11.4 Å². The van der Waals surface area contributed by atoms with Gasteiger partial charge >= 0.3 is 0 Å². The van der Waals surface area contributed by atoms with E-state index in [0.717, 1.165) is 6.42 Å². The van der Waals surface area contributed by atoms with Gasteiger partial charge in [-0.3, -0.25) is 9.59 Å². The largest absolute Gasteiger partial charge is 0.326 e. The highest BCUT2D eigenvalue weighted by atomic mass is 16.2. The zero-order valence-electron chi connectivity index (χ0n) is 11.9. The molecule has 0 aromatic heterocycles. The third kappa shape index (κ3) is 4.76. The molecule has 2 amide bonds. The lowest BCUT2D eigenvalue weighted by atomic mass is 10.1. The molecule has 2 N–H and O–H groups in total. The second kappa shape index (κ2) is 7.24. The number of carbonyl (C=O) groups excluding carboxylic acids is 2. The fourth-order valence-electron chi connectivity index (χ4n) is 1.90. The van der Waals surface area contributed by atoms with E-state index < -0.39 is 0 Å². The van der Waals surface area contributed by atoms with Crippen molar-refractivity contribution < 1.29 is 9.59 Å². The summed E-state index contributed by atoms with van der Waals surface area (Å²) in [5.41, 5.74) is 2.59. The molecule has 108 valence electrons. The summed E-state index contributed by atoms with van der Waals surface area (Å²) in [6, 6.07) is 16.7. The highest BCUT2D eigenvalue weighted by Gasteiger charge is 2.09. The number of rotatable bonds is 5. The van der Waals surface area contributed by atoms with E-state index in [1.165, 1.54) is 5.56 Å². The third-order valence-corrected chi connectivity index (χ3v) is 3.02. The van der Waals surface area contributed by atoms with Gasteiger partial charge < -0.3 is 10.6 Å². The molecule has 0 spiro atoms. The molecular formula is C17H18N2O2. The summed E-state index contributed by atoms with van der Waals surface area (Å²) in [7, 11) is 0. The first-order valence-corrected chi connectivity index (χ1v) is 6.91. The minimum Gasteiger partial charge on any atom is -0.326 e. The molecule has 2 aromatic rings. The fourth-order valence-corrected chi connectivity index (χ4v) is 1.90. The number of anilines is 2. The van der Waals surface area contributed by atoms with Crippen LogP contribution in [-0.4, -0.2) is 11.8 Å². The smallest absolute Gasteiger partial charge is 0.233 e. The summed E-state index contributed by atoms with van der Waals surface area (Å²) >= 11 is 0. The van der Waals surface area contributed by atoms with Crippen LogP contribution in [-0.2, 0) is 16.0 Å². The first kappa shape index (κ1) is 14.8. The topological polar surface area (TPSA) is 58.2 Å². The Bertz CT molecular complexity index is 606. The molecular weight excluding hydrogens is 264 g/mol. The Labute approximate surface area is 124 Å². The van der Waals surface area contributed by atoms with Crippen LogP contribution >= 0.6 is 0 Å². The third-order valence-electron chi connectivity index (χ3n) is 3.02. The molecule has 0 fully saturated rings. The molecule has 0 unspecified atom stereocenters. The van der Waals surface area contributed by atoms with E-state index in [4.69, 9.17) is 0 Å². The predicted molar refractivity (Wildman–Crippen MR) is 84.1 cm³/mol. The van der Waals surface area contributed by atoms with Gasteiger partial charge in [0.2, 0.25) is 11.8 Å². The van der Waals surface area contributed by atoms with Gasteiger partial charge in [-0.05, 0) is 36.2 Å². The Morgan fingerprint density at radius 3 is 1.86 bits per heavy atom. The molecule has 0 radical (unpaired) electrons. The highest BCUT2D eigenvalue weighted by Crippen LogP contribution is 2.11. The summed E-state index contributed by atoms with van der Waals surface area (Å²) in [6.07, 6.45) is 0.748. The number of carbonyl (C=O) groups is 2. The maximum atomic E-state index is 11.8. The van der Waals surface area contributed by atoms with Gasteiger partial charge in [-0.25, -0.2) is 0 Å². The van der Waals surface area contributed by atoms with Crippen LogP contribution in [0.5, 0.6) is 0 Å². The van der Waals surface area contributed by atoms with Gasteiger partial charge in [-0.2, -0.15) is 0 Å². The van der Waals surface area contributed by atoms with Gasteiger partial charge in [0.15, 0.2) is 0 Å². The molecule has 2 aromatic carbocycles. The van der Waals surface area contributed by atoms with Crippen LogP contribution in [0.2, 0.25) is 0 Å². The summed E-state index contributed by atoms with van der Waals surface area (Å²) < 4.78 is 0. The Morgan fingerprint density at radius 2 is 1.33 bits per heavy atom. The second-order valence-corrected chi connectivity index (χ2v) is 4.69. The highest BCUT2D eigenvalue weighted by molar-refractivity contribution is 6.08. The first-order chi connectivity index (χ1) is 10.2. The van der Waals surface area contributed by atoms with Crippen LogP contribution in [0.4, 0.5) is 11.4 Å². The average Bonchev–Trinajstić information content (AvgIpc) is 2.48. The van der Waals surface area contributed by atoms with E-state index in [1.807, 2.05) is 42.5 Å². The van der Waals surface area contributed by atoms with Crippen molar-refractivity contribution in [3.05, 3.63) is 60.2 Å². The zero-order valence-corrected chi connectivity index (χ0v) is 11.9. The summed E-state index contributed by atoms with van der Waals surface area (Å²) in [5.74, 6) is -0.656. The Morgan fingerprint density at radius 1 is 0.810 bits per heavy atom. The summed E-state index contributed by atoms with van der Waals surface area (Å²) in [6.45, 7) is 2.07. The van der Waals surface area contributed by atoms with E-state index >= 15 is 0 Å². The van der Waals surface area contributed by atoms with Crippen LogP contribution in [0.3, 0.4) is 0 Å². The molecule has 0 saturated heterocycles. The van der Waals surface area contributed by atoms with Gasteiger partial charge in [-0.15, -0.1) is 0 Å². The lowest BCUT2D eigenvalue weighted by Crippen LogP contribution is -2.21. The SMILES string of the molecule is CCc1ccc(NC(=O)CC(=O)Nc2ccccc2)cc1. The lowest BCUT2D eigenvalue weighted by Gasteiger charge is -2.07. The van der Waals surface area contributed by atoms with Crippen molar-refractivity contribution in [3.63, 3.8) is 0 Å². The maximum Gasteiger partial charge on any atom is 0.233 e. The van der Waals surface area contributed by atoms with Gasteiger partial charge in [0.05, 0.1) is 0 Å². The summed E-state index contributed by atoms with van der Waals surface area (Å²) in [4.78, 5) is 23.5. The quantitative estimate of drug-likeness (QED) is 0.827. The van der Waals surface area contributed by atoms with E-state index in [0.29, 0.717) is 11.4 Å². The molecule has 0 aliphatic rings. The van der Waals surface area contributed by atoms with Crippen molar-refractivity contribution in [2.24, 2.45) is 0 Å². The van der Waals surface area contributed by atoms with E-state index in [2.05, 4.69) is 17.6 Å². The van der Waals surface area contributed by atoms with Gasteiger partial charge in [0.25, 0.3) is 0 Å². The number of aryl methyl sites for hydroxylation is 1. The molecule has 0 saturated carbocycles. The fraction of sp³-hybridized carbons (Fsp3) is 0.176. The summed E-state index contributed by atoms with van der Waals surface area (Å²) in [5, 5.41) is 5.39. The second-order valence-electron chi connectivity index (χ2n) is 4.69. The van der Waals surface area contributed by atoms with Gasteiger partial charge in [0.1, 0.15) is 6.42 Å². The normalized spacial score (nSPS) is 9.95. The van der Waals surface area contributed by atoms with Gasteiger partial charge in [-0.1, -0.05) is 37.3 Å². The molecule has 0 aliphatic heterocycles. The van der Waals surface area contributed by atoms with Crippen molar-refractivity contribution in [3.8, 4) is 0 Å². The molecule has 2 rings (SSSR count).